The predicted molar refractivity (Wildman–Crippen MR) is 118 cm³/mol. The van der Waals surface area contributed by atoms with Crippen molar-refractivity contribution in [1.29, 1.82) is 0 Å². The van der Waals surface area contributed by atoms with Crippen molar-refractivity contribution in [3.8, 4) is 0 Å². The number of amides is 1. The highest BCUT2D eigenvalue weighted by molar-refractivity contribution is 5.95. The zero-order valence-electron chi connectivity index (χ0n) is 16.6. The van der Waals surface area contributed by atoms with Gasteiger partial charge in [-0.3, -0.25) is 14.6 Å². The van der Waals surface area contributed by atoms with E-state index in [9.17, 15) is 9.59 Å². The van der Waals surface area contributed by atoms with Crippen molar-refractivity contribution in [2.24, 2.45) is 0 Å². The van der Waals surface area contributed by atoms with E-state index >= 15 is 0 Å². The molecule has 0 fully saturated rings. The predicted octanol–water partition coefficient (Wildman–Crippen LogP) is 4.48. The van der Waals surface area contributed by atoms with E-state index in [2.05, 4.69) is 26.7 Å². The van der Waals surface area contributed by atoms with E-state index < -0.39 is 0 Å². The summed E-state index contributed by atoms with van der Waals surface area (Å²) in [6.45, 7) is 2.07. The molecule has 2 aromatic heterocycles. The van der Waals surface area contributed by atoms with Gasteiger partial charge in [0.1, 0.15) is 0 Å². The Labute approximate surface area is 174 Å². The lowest BCUT2D eigenvalue weighted by Crippen LogP contribution is -2.25. The quantitative estimate of drug-likeness (QED) is 0.401. The number of hydrogen-bond donors (Lipinski definition) is 3. The summed E-state index contributed by atoms with van der Waals surface area (Å²) in [6.07, 6.45) is 5.93. The fourth-order valence-electron chi connectivity index (χ4n) is 3.34. The van der Waals surface area contributed by atoms with Crippen molar-refractivity contribution in [1.82, 2.24) is 15.3 Å². The van der Waals surface area contributed by atoms with E-state index in [1.165, 1.54) is 17.9 Å². The first kappa shape index (κ1) is 19.4. The Kier molecular flexibility index (Phi) is 5.57. The fraction of sp³-hybridized carbons (Fsp3) is 0.125. The first-order valence-electron chi connectivity index (χ1n) is 9.76. The van der Waals surface area contributed by atoms with Gasteiger partial charge in [0.2, 0.25) is 0 Å². The van der Waals surface area contributed by atoms with Crippen LogP contribution in [0.15, 0.2) is 73.2 Å². The molecule has 30 heavy (non-hydrogen) atoms. The Bertz CT molecular complexity index is 1200. The second-order valence-electron chi connectivity index (χ2n) is 7.09. The number of Topliss-reactive ketones (excluding diaryl/α,β-unsaturated/α-hetero) is 1. The number of ketones is 1. The van der Waals surface area contributed by atoms with Gasteiger partial charge in [0.05, 0.1) is 17.4 Å². The third-order valence-corrected chi connectivity index (χ3v) is 4.94. The van der Waals surface area contributed by atoms with Gasteiger partial charge in [-0.1, -0.05) is 18.2 Å². The molecule has 3 N–H and O–H groups in total. The van der Waals surface area contributed by atoms with Crippen molar-refractivity contribution in [2.45, 2.75) is 13.3 Å². The van der Waals surface area contributed by atoms with E-state index in [0.717, 1.165) is 17.6 Å². The number of aromatic amines is 1. The number of hydrogen-bond acceptors (Lipinski definition) is 4. The summed E-state index contributed by atoms with van der Waals surface area (Å²) in [5, 5.41) is 7.34. The summed E-state index contributed by atoms with van der Waals surface area (Å²) in [6, 6.07) is 17.0. The maximum atomic E-state index is 12.5. The number of rotatable bonds is 7. The van der Waals surface area contributed by atoms with Crippen LogP contribution in [-0.2, 0) is 6.42 Å². The molecule has 6 heteroatoms. The summed E-state index contributed by atoms with van der Waals surface area (Å²) in [5.41, 5.74) is 4.93. The normalized spacial score (nSPS) is 10.7. The van der Waals surface area contributed by atoms with Crippen LogP contribution in [0.2, 0.25) is 0 Å². The molecular formula is C24H22N4O2. The highest BCUT2D eigenvalue weighted by Crippen LogP contribution is 2.19. The number of nitrogens with one attached hydrogen (secondary N) is 3. The number of anilines is 2. The molecule has 0 unspecified atom stereocenters. The van der Waals surface area contributed by atoms with E-state index in [1.54, 1.807) is 30.6 Å². The monoisotopic (exact) mass is 398 g/mol. The third-order valence-electron chi connectivity index (χ3n) is 4.94. The molecule has 0 atom stereocenters. The molecule has 0 aliphatic carbocycles. The van der Waals surface area contributed by atoms with Crippen LogP contribution in [0.1, 0.15) is 33.2 Å². The Morgan fingerprint density at radius 1 is 0.967 bits per heavy atom. The number of carbonyl (C=O) groups excluding carboxylic acids is 2. The molecule has 150 valence electrons. The molecule has 0 aliphatic rings. The molecule has 2 aromatic carbocycles. The smallest absolute Gasteiger partial charge is 0.252 e. The first-order chi connectivity index (χ1) is 14.6. The number of fused-ring (bicyclic) bond motifs is 1. The fourth-order valence-corrected chi connectivity index (χ4v) is 3.34. The minimum atomic E-state index is -0.169. The lowest BCUT2D eigenvalue weighted by molar-refractivity contribution is 0.0952. The first-order valence-corrected chi connectivity index (χ1v) is 9.76. The van der Waals surface area contributed by atoms with Crippen LogP contribution in [0.5, 0.6) is 0 Å². The Balaban J connectivity index is 1.37. The number of pyridine rings is 1. The molecule has 2 heterocycles. The second-order valence-corrected chi connectivity index (χ2v) is 7.09. The Morgan fingerprint density at radius 2 is 1.77 bits per heavy atom. The molecule has 6 nitrogen and oxygen atoms in total. The van der Waals surface area contributed by atoms with Crippen LogP contribution in [0, 0.1) is 0 Å². The van der Waals surface area contributed by atoms with Crippen LogP contribution in [0.4, 0.5) is 11.4 Å². The molecule has 0 saturated heterocycles. The summed E-state index contributed by atoms with van der Waals surface area (Å²) in [5.74, 6) is -0.146. The van der Waals surface area contributed by atoms with Gasteiger partial charge >= 0.3 is 0 Å². The van der Waals surface area contributed by atoms with E-state index in [1.807, 2.05) is 36.5 Å². The number of carbonyl (C=O) groups is 2. The lowest BCUT2D eigenvalue weighted by atomic mass is 10.1. The highest BCUT2D eigenvalue weighted by Gasteiger charge is 2.09. The Hall–Kier alpha value is -3.93. The minimum Gasteiger partial charge on any atom is -0.361 e. The van der Waals surface area contributed by atoms with Gasteiger partial charge in [0.15, 0.2) is 5.78 Å². The zero-order valence-corrected chi connectivity index (χ0v) is 16.6. The second kappa shape index (κ2) is 8.61. The molecule has 0 saturated carbocycles. The summed E-state index contributed by atoms with van der Waals surface area (Å²) >= 11 is 0. The van der Waals surface area contributed by atoms with Crippen molar-refractivity contribution in [3.63, 3.8) is 0 Å². The van der Waals surface area contributed by atoms with E-state index in [4.69, 9.17) is 0 Å². The zero-order chi connectivity index (χ0) is 20.9. The van der Waals surface area contributed by atoms with Crippen LogP contribution >= 0.6 is 0 Å². The molecule has 4 aromatic rings. The van der Waals surface area contributed by atoms with Crippen LogP contribution in [0.25, 0.3) is 10.9 Å². The van der Waals surface area contributed by atoms with Gasteiger partial charge in [-0.25, -0.2) is 0 Å². The molecule has 0 bridgehead atoms. The number of H-pyrrole nitrogens is 1. The van der Waals surface area contributed by atoms with Gasteiger partial charge in [-0.15, -0.1) is 0 Å². The standard InChI is InChI=1S/C24H22N4O2/c1-16(29)17-6-8-20(9-7-17)28-21-12-19(13-25-15-21)24(30)26-11-10-18-14-27-23-5-3-2-4-22(18)23/h2-9,12-15,27-28H,10-11H2,1H3,(H,26,30). The van der Waals surface area contributed by atoms with Crippen LogP contribution in [-0.4, -0.2) is 28.2 Å². The largest absolute Gasteiger partial charge is 0.361 e. The molecule has 0 spiro atoms. The third kappa shape index (κ3) is 4.38. The highest BCUT2D eigenvalue weighted by atomic mass is 16.1. The summed E-state index contributed by atoms with van der Waals surface area (Å²) in [4.78, 5) is 31.3. The van der Waals surface area contributed by atoms with Gasteiger partial charge in [0, 0.05) is 41.1 Å². The lowest BCUT2D eigenvalue weighted by Gasteiger charge is -2.09. The van der Waals surface area contributed by atoms with Gasteiger partial charge < -0.3 is 15.6 Å². The van der Waals surface area contributed by atoms with Crippen molar-refractivity contribution >= 4 is 34.0 Å². The number of nitrogens with zero attached hydrogens (tertiary/aromatic N) is 1. The minimum absolute atomic E-state index is 0.0227. The average Bonchev–Trinajstić information content (AvgIpc) is 3.17. The molecular weight excluding hydrogens is 376 g/mol. The van der Waals surface area contributed by atoms with Crippen LogP contribution in [0.3, 0.4) is 0 Å². The SMILES string of the molecule is CC(=O)c1ccc(Nc2cncc(C(=O)NCCc3c[nH]c4ccccc34)c2)cc1. The number of aromatic nitrogens is 2. The van der Waals surface area contributed by atoms with Crippen molar-refractivity contribution < 1.29 is 9.59 Å². The molecule has 1 amide bonds. The average molecular weight is 398 g/mol. The van der Waals surface area contributed by atoms with Gasteiger partial charge in [-0.05, 0) is 55.3 Å². The number of para-hydroxylation sites is 1. The van der Waals surface area contributed by atoms with Gasteiger partial charge in [0.25, 0.3) is 5.91 Å². The Morgan fingerprint density at radius 3 is 2.57 bits per heavy atom. The number of benzene rings is 2. The summed E-state index contributed by atoms with van der Waals surface area (Å²) < 4.78 is 0. The van der Waals surface area contributed by atoms with Crippen LogP contribution < -0.4 is 10.6 Å². The topological polar surface area (TPSA) is 86.9 Å². The maximum Gasteiger partial charge on any atom is 0.252 e. The molecule has 0 radical (unpaired) electrons. The molecule has 0 aliphatic heterocycles. The molecule has 4 rings (SSSR count). The van der Waals surface area contributed by atoms with E-state index in [-0.39, 0.29) is 11.7 Å². The summed E-state index contributed by atoms with van der Waals surface area (Å²) in [7, 11) is 0. The van der Waals surface area contributed by atoms with Crippen molar-refractivity contribution in [3.05, 3.63) is 89.9 Å². The van der Waals surface area contributed by atoms with Gasteiger partial charge in [-0.2, -0.15) is 0 Å². The maximum absolute atomic E-state index is 12.5. The van der Waals surface area contributed by atoms with Crippen molar-refractivity contribution in [2.75, 3.05) is 11.9 Å². The van der Waals surface area contributed by atoms with E-state index in [0.29, 0.717) is 23.4 Å².